The van der Waals surface area contributed by atoms with Gasteiger partial charge in [-0.25, -0.2) is 19.5 Å². The lowest BCUT2D eigenvalue weighted by Gasteiger charge is -2.20. The molecule has 1 unspecified atom stereocenters. The van der Waals surface area contributed by atoms with Gasteiger partial charge in [0.25, 0.3) is 5.56 Å². The molecule has 11 heteroatoms. The van der Waals surface area contributed by atoms with Crippen molar-refractivity contribution in [1.29, 1.82) is 0 Å². The molecule has 218 valence electrons. The third-order valence-corrected chi connectivity index (χ3v) is 7.21. The normalized spacial score (nSPS) is 14.9. The molecular formula is C31H31F2N5O4. The fraction of sp³-hybridized carbons (Fsp3) is 0.323. The summed E-state index contributed by atoms with van der Waals surface area (Å²) in [7, 11) is 1.60. The number of pyridine rings is 1. The third-order valence-electron chi connectivity index (χ3n) is 7.21. The molecule has 5 rings (SSSR count). The van der Waals surface area contributed by atoms with E-state index >= 15 is 0 Å². The Bertz CT molecular complexity index is 1740. The van der Waals surface area contributed by atoms with Gasteiger partial charge in [0.05, 0.1) is 25.1 Å². The summed E-state index contributed by atoms with van der Waals surface area (Å²) >= 11 is 0. The van der Waals surface area contributed by atoms with Crippen molar-refractivity contribution >= 4 is 22.5 Å². The molecule has 2 aromatic carbocycles. The minimum absolute atomic E-state index is 0.0103. The number of nitrogens with zero attached hydrogens (tertiary/aromatic N) is 4. The first-order valence-electron chi connectivity index (χ1n) is 13.8. The highest BCUT2D eigenvalue weighted by Crippen LogP contribution is 2.32. The molecule has 3 heterocycles. The highest BCUT2D eigenvalue weighted by Gasteiger charge is 2.26. The molecule has 0 fully saturated rings. The van der Waals surface area contributed by atoms with Crippen LogP contribution in [0.3, 0.4) is 0 Å². The Hall–Kier alpha value is -4.67. The zero-order valence-corrected chi connectivity index (χ0v) is 23.6. The maximum absolute atomic E-state index is 14.8. The molecule has 0 bridgehead atoms. The lowest BCUT2D eigenvalue weighted by Crippen LogP contribution is -2.32. The van der Waals surface area contributed by atoms with Gasteiger partial charge >= 0.3 is 0 Å². The molecule has 1 aliphatic heterocycles. The van der Waals surface area contributed by atoms with Crippen molar-refractivity contribution in [2.75, 3.05) is 13.7 Å². The Labute approximate surface area is 241 Å². The second-order valence-corrected chi connectivity index (χ2v) is 10.1. The highest BCUT2D eigenvalue weighted by molar-refractivity contribution is 6.06. The fourth-order valence-corrected chi connectivity index (χ4v) is 4.94. The van der Waals surface area contributed by atoms with Crippen LogP contribution in [0.1, 0.15) is 44.4 Å². The number of benzene rings is 2. The van der Waals surface area contributed by atoms with Gasteiger partial charge < -0.3 is 9.47 Å². The summed E-state index contributed by atoms with van der Waals surface area (Å²) in [4.78, 5) is 28.7. The number of carbonyl (C=O) groups is 1. The van der Waals surface area contributed by atoms with Gasteiger partial charge in [-0.1, -0.05) is 19.9 Å². The average molecular weight is 576 g/mol. The van der Waals surface area contributed by atoms with E-state index in [-0.39, 0.29) is 47.4 Å². The Morgan fingerprint density at radius 3 is 2.52 bits per heavy atom. The lowest BCUT2D eigenvalue weighted by molar-refractivity contribution is -0.121. The highest BCUT2D eigenvalue weighted by atomic mass is 19.2. The first kappa shape index (κ1) is 28.8. The largest absolute Gasteiger partial charge is 0.494 e. The van der Waals surface area contributed by atoms with Crippen LogP contribution in [-0.2, 0) is 17.8 Å². The summed E-state index contributed by atoms with van der Waals surface area (Å²) < 4.78 is 42.0. The summed E-state index contributed by atoms with van der Waals surface area (Å²) in [5.74, 6) is -2.36. The van der Waals surface area contributed by atoms with E-state index in [0.717, 1.165) is 28.6 Å². The molecule has 42 heavy (non-hydrogen) atoms. The van der Waals surface area contributed by atoms with Crippen molar-refractivity contribution < 1.29 is 23.0 Å². The number of halogens is 2. The minimum Gasteiger partial charge on any atom is -0.494 e. The standard InChI is InChI=1S/C31H31F2N5O4/c1-4-19-7-8-21-20(9-13-25(41-3)31(21)34-19)23-11-14-27(40)38(37-23)15-5-6-16-42-24-12-10-22(28(32)29(24)33)30-18(2)17-26(39)35-36-30/h7-14,18H,4-6,15-17H2,1-3H3,(H,35,39). The number of hydrogen-bond acceptors (Lipinski definition) is 7. The topological polar surface area (TPSA) is 108 Å². The van der Waals surface area contributed by atoms with Gasteiger partial charge in [0, 0.05) is 47.2 Å². The predicted octanol–water partition coefficient (Wildman–Crippen LogP) is 5.03. The number of unbranched alkanes of at least 4 members (excludes halogenated alkanes) is 1. The number of carbonyl (C=O) groups excluding carboxylic acids is 1. The molecule has 0 saturated carbocycles. The maximum atomic E-state index is 14.8. The van der Waals surface area contributed by atoms with Gasteiger partial charge in [0.2, 0.25) is 11.7 Å². The number of hydrogen-bond donors (Lipinski definition) is 1. The van der Waals surface area contributed by atoms with Crippen molar-refractivity contribution in [3.05, 3.63) is 81.8 Å². The molecule has 1 N–H and O–H groups in total. The molecule has 1 atom stereocenters. The van der Waals surface area contributed by atoms with E-state index in [2.05, 4.69) is 15.6 Å². The number of methoxy groups -OCH3 is 1. The summed E-state index contributed by atoms with van der Waals surface area (Å²) in [6.07, 6.45) is 1.94. The Kier molecular flexibility index (Phi) is 8.56. The van der Waals surface area contributed by atoms with Gasteiger partial charge in [0.15, 0.2) is 11.6 Å². The van der Waals surface area contributed by atoms with Crippen molar-refractivity contribution in [3.8, 4) is 22.8 Å². The molecule has 1 amide bonds. The molecule has 4 aromatic rings. The number of ether oxygens (including phenoxy) is 2. The Morgan fingerprint density at radius 1 is 0.976 bits per heavy atom. The molecule has 0 saturated heterocycles. The van der Waals surface area contributed by atoms with Gasteiger partial charge in [-0.2, -0.15) is 14.6 Å². The van der Waals surface area contributed by atoms with Gasteiger partial charge in [-0.15, -0.1) is 0 Å². The maximum Gasteiger partial charge on any atom is 0.266 e. The van der Waals surface area contributed by atoms with E-state index in [4.69, 9.17) is 14.5 Å². The molecule has 9 nitrogen and oxygen atoms in total. The third kappa shape index (κ3) is 5.86. The Balaban J connectivity index is 1.24. The van der Waals surface area contributed by atoms with Crippen LogP contribution >= 0.6 is 0 Å². The lowest BCUT2D eigenvalue weighted by atomic mass is 9.93. The molecule has 0 radical (unpaired) electrons. The first-order valence-corrected chi connectivity index (χ1v) is 13.8. The van der Waals surface area contributed by atoms with E-state index < -0.39 is 11.6 Å². The van der Waals surface area contributed by atoms with Crippen LogP contribution in [0.15, 0.2) is 58.4 Å². The SMILES string of the molecule is CCc1ccc2c(-c3ccc(=O)n(CCCCOc4ccc(C5=NNC(=O)CC5C)c(F)c4F)n3)ccc(OC)c2n1. The molecule has 0 aliphatic carbocycles. The van der Waals surface area contributed by atoms with Crippen LogP contribution in [0.4, 0.5) is 8.78 Å². The average Bonchev–Trinajstić information content (AvgIpc) is 2.99. The minimum atomic E-state index is -1.11. The van der Waals surface area contributed by atoms with Crippen LogP contribution < -0.4 is 20.5 Å². The van der Waals surface area contributed by atoms with Crippen LogP contribution in [0, 0.1) is 17.6 Å². The van der Waals surface area contributed by atoms with E-state index in [9.17, 15) is 18.4 Å². The molecule has 2 aromatic heterocycles. The summed E-state index contributed by atoms with van der Waals surface area (Å²) in [6, 6.07) is 13.6. The van der Waals surface area contributed by atoms with E-state index in [1.807, 2.05) is 31.2 Å². The van der Waals surface area contributed by atoms with Crippen LogP contribution in [0.25, 0.3) is 22.2 Å². The van der Waals surface area contributed by atoms with E-state index in [1.165, 1.54) is 22.9 Å². The number of nitrogens with one attached hydrogen (secondary N) is 1. The summed E-state index contributed by atoms with van der Waals surface area (Å²) in [5.41, 5.74) is 5.46. The van der Waals surface area contributed by atoms with Crippen LogP contribution in [-0.4, -0.2) is 40.1 Å². The van der Waals surface area contributed by atoms with Crippen molar-refractivity contribution in [2.45, 2.75) is 46.1 Å². The summed E-state index contributed by atoms with van der Waals surface area (Å²) in [5, 5.41) is 9.35. The van der Waals surface area contributed by atoms with Gasteiger partial charge in [0.1, 0.15) is 11.3 Å². The number of aryl methyl sites for hydroxylation is 2. The fourth-order valence-electron chi connectivity index (χ4n) is 4.94. The zero-order valence-electron chi connectivity index (χ0n) is 23.6. The second-order valence-electron chi connectivity index (χ2n) is 10.1. The number of aromatic nitrogens is 3. The van der Waals surface area contributed by atoms with Crippen molar-refractivity contribution in [2.24, 2.45) is 11.0 Å². The predicted molar refractivity (Wildman–Crippen MR) is 155 cm³/mol. The van der Waals surface area contributed by atoms with Crippen LogP contribution in [0.5, 0.6) is 11.5 Å². The van der Waals surface area contributed by atoms with Crippen molar-refractivity contribution in [3.63, 3.8) is 0 Å². The van der Waals surface area contributed by atoms with E-state index in [0.29, 0.717) is 30.8 Å². The molecular weight excluding hydrogens is 544 g/mol. The number of amides is 1. The zero-order chi connectivity index (χ0) is 29.8. The Morgan fingerprint density at radius 2 is 1.76 bits per heavy atom. The number of fused-ring (bicyclic) bond motifs is 1. The monoisotopic (exact) mass is 575 g/mol. The van der Waals surface area contributed by atoms with Crippen LogP contribution in [0.2, 0.25) is 0 Å². The first-order chi connectivity index (χ1) is 20.3. The molecule has 0 spiro atoms. The second kappa shape index (κ2) is 12.5. The summed E-state index contributed by atoms with van der Waals surface area (Å²) in [6.45, 7) is 4.20. The molecule has 1 aliphatic rings. The quantitative estimate of drug-likeness (QED) is 0.266. The number of hydrazone groups is 1. The smallest absolute Gasteiger partial charge is 0.266 e. The van der Waals surface area contributed by atoms with E-state index in [1.54, 1.807) is 20.1 Å². The van der Waals surface area contributed by atoms with Gasteiger partial charge in [-0.05, 0) is 55.7 Å². The van der Waals surface area contributed by atoms with Gasteiger partial charge in [-0.3, -0.25) is 9.59 Å². The number of rotatable bonds is 10. The van der Waals surface area contributed by atoms with Crippen molar-refractivity contribution in [1.82, 2.24) is 20.2 Å².